The summed E-state index contributed by atoms with van der Waals surface area (Å²) in [6.07, 6.45) is 0. The van der Waals surface area contributed by atoms with E-state index in [1.54, 1.807) is 12.1 Å². The van der Waals surface area contributed by atoms with Crippen LogP contribution in [0.3, 0.4) is 0 Å². The predicted octanol–water partition coefficient (Wildman–Crippen LogP) is 4.15. The summed E-state index contributed by atoms with van der Waals surface area (Å²) in [6, 6.07) is 15.3. The standard InChI is InChI=1S/C18H23NO2/c1-12(2)18(14-7-5-4-6-8-14)19-13(3)15-9-16(20)11-17(21)10-15/h4-13,18-21H,1-3H3. The molecule has 0 spiro atoms. The van der Waals surface area contributed by atoms with Crippen LogP contribution in [0.15, 0.2) is 48.5 Å². The maximum Gasteiger partial charge on any atom is 0.119 e. The molecule has 0 amide bonds. The first kappa shape index (κ1) is 15.4. The number of hydrogen-bond donors (Lipinski definition) is 3. The van der Waals surface area contributed by atoms with Gasteiger partial charge < -0.3 is 15.5 Å². The Labute approximate surface area is 126 Å². The zero-order chi connectivity index (χ0) is 15.4. The Kier molecular flexibility index (Phi) is 4.86. The summed E-state index contributed by atoms with van der Waals surface area (Å²) >= 11 is 0. The highest BCUT2D eigenvalue weighted by Crippen LogP contribution is 2.29. The maximum absolute atomic E-state index is 9.62. The molecule has 0 bridgehead atoms. The van der Waals surface area contributed by atoms with Gasteiger partial charge in [0.25, 0.3) is 0 Å². The fourth-order valence-corrected chi connectivity index (χ4v) is 2.57. The van der Waals surface area contributed by atoms with Gasteiger partial charge in [0.2, 0.25) is 0 Å². The van der Waals surface area contributed by atoms with Crippen molar-refractivity contribution in [3.8, 4) is 11.5 Å². The second-order valence-electron chi connectivity index (χ2n) is 5.80. The van der Waals surface area contributed by atoms with Gasteiger partial charge in [0, 0.05) is 18.2 Å². The number of nitrogens with one attached hydrogen (secondary N) is 1. The molecule has 0 fully saturated rings. The van der Waals surface area contributed by atoms with E-state index in [0.29, 0.717) is 5.92 Å². The van der Waals surface area contributed by atoms with E-state index < -0.39 is 0 Å². The monoisotopic (exact) mass is 285 g/mol. The molecule has 0 aliphatic rings. The first-order valence-electron chi connectivity index (χ1n) is 7.31. The van der Waals surface area contributed by atoms with Gasteiger partial charge in [-0.05, 0) is 36.1 Å². The topological polar surface area (TPSA) is 52.5 Å². The lowest BCUT2D eigenvalue weighted by atomic mass is 9.94. The molecule has 2 unspecified atom stereocenters. The molecule has 0 heterocycles. The quantitative estimate of drug-likeness (QED) is 0.773. The van der Waals surface area contributed by atoms with Gasteiger partial charge in [-0.2, -0.15) is 0 Å². The lowest BCUT2D eigenvalue weighted by molar-refractivity contribution is 0.372. The molecule has 21 heavy (non-hydrogen) atoms. The molecule has 3 heteroatoms. The molecule has 2 aromatic rings. The molecule has 0 saturated carbocycles. The van der Waals surface area contributed by atoms with Crippen LogP contribution in [0.5, 0.6) is 11.5 Å². The molecule has 2 rings (SSSR count). The largest absolute Gasteiger partial charge is 0.508 e. The highest BCUT2D eigenvalue weighted by Gasteiger charge is 2.19. The van der Waals surface area contributed by atoms with Crippen molar-refractivity contribution in [3.63, 3.8) is 0 Å². The van der Waals surface area contributed by atoms with Crippen molar-refractivity contribution in [2.24, 2.45) is 5.92 Å². The maximum atomic E-state index is 9.62. The summed E-state index contributed by atoms with van der Waals surface area (Å²) in [4.78, 5) is 0. The summed E-state index contributed by atoms with van der Waals surface area (Å²) < 4.78 is 0. The van der Waals surface area contributed by atoms with Gasteiger partial charge in [0.05, 0.1) is 0 Å². The molecular weight excluding hydrogens is 262 g/mol. The third-order valence-electron chi connectivity index (χ3n) is 3.68. The minimum absolute atomic E-state index is 0.0237. The summed E-state index contributed by atoms with van der Waals surface area (Å²) in [5, 5.41) is 22.8. The van der Waals surface area contributed by atoms with Crippen molar-refractivity contribution >= 4 is 0 Å². The van der Waals surface area contributed by atoms with Crippen molar-refractivity contribution in [2.45, 2.75) is 32.9 Å². The zero-order valence-corrected chi connectivity index (χ0v) is 12.7. The van der Waals surface area contributed by atoms with Crippen molar-refractivity contribution in [1.29, 1.82) is 0 Å². The van der Waals surface area contributed by atoms with Gasteiger partial charge >= 0.3 is 0 Å². The molecule has 0 aliphatic carbocycles. The number of rotatable bonds is 5. The average Bonchev–Trinajstić information content (AvgIpc) is 2.44. The van der Waals surface area contributed by atoms with Gasteiger partial charge in [-0.25, -0.2) is 0 Å². The molecule has 112 valence electrons. The SMILES string of the molecule is CC(NC(c1ccccc1)C(C)C)c1cc(O)cc(O)c1. The van der Waals surface area contributed by atoms with Crippen LogP contribution >= 0.6 is 0 Å². The molecule has 2 aromatic carbocycles. The Morgan fingerprint density at radius 3 is 1.90 bits per heavy atom. The van der Waals surface area contributed by atoms with Crippen molar-refractivity contribution in [3.05, 3.63) is 59.7 Å². The lowest BCUT2D eigenvalue weighted by Gasteiger charge is -2.27. The molecular formula is C18H23NO2. The van der Waals surface area contributed by atoms with E-state index in [9.17, 15) is 10.2 Å². The Bertz CT molecular complexity index is 561. The Hall–Kier alpha value is -2.00. The van der Waals surface area contributed by atoms with Gasteiger partial charge in [0.15, 0.2) is 0 Å². The second-order valence-corrected chi connectivity index (χ2v) is 5.80. The van der Waals surface area contributed by atoms with E-state index in [4.69, 9.17) is 0 Å². The number of hydrogen-bond acceptors (Lipinski definition) is 3. The van der Waals surface area contributed by atoms with Gasteiger partial charge in [0.1, 0.15) is 11.5 Å². The molecule has 0 saturated heterocycles. The second kappa shape index (κ2) is 6.64. The van der Waals surface area contributed by atoms with Gasteiger partial charge in [-0.15, -0.1) is 0 Å². The first-order valence-corrected chi connectivity index (χ1v) is 7.31. The molecule has 3 nitrogen and oxygen atoms in total. The fraction of sp³-hybridized carbons (Fsp3) is 0.333. The molecule has 3 N–H and O–H groups in total. The van der Waals surface area contributed by atoms with Crippen molar-refractivity contribution < 1.29 is 10.2 Å². The molecule has 0 aliphatic heterocycles. The van der Waals surface area contributed by atoms with Crippen molar-refractivity contribution in [1.82, 2.24) is 5.32 Å². The van der Waals surface area contributed by atoms with Gasteiger partial charge in [-0.3, -0.25) is 0 Å². The van der Waals surface area contributed by atoms with Gasteiger partial charge in [-0.1, -0.05) is 44.2 Å². The number of aromatic hydroxyl groups is 2. The van der Waals surface area contributed by atoms with Crippen LogP contribution in [0.25, 0.3) is 0 Å². The van der Waals surface area contributed by atoms with E-state index in [-0.39, 0.29) is 23.6 Å². The van der Waals surface area contributed by atoms with E-state index >= 15 is 0 Å². The van der Waals surface area contributed by atoms with Crippen LogP contribution in [-0.4, -0.2) is 10.2 Å². The number of phenols is 2. The fourth-order valence-electron chi connectivity index (χ4n) is 2.57. The molecule has 0 radical (unpaired) electrons. The van der Waals surface area contributed by atoms with Crippen LogP contribution in [0.1, 0.15) is 44.0 Å². The number of phenolic OH excluding ortho intramolecular Hbond substituents is 2. The lowest BCUT2D eigenvalue weighted by Crippen LogP contribution is -2.28. The average molecular weight is 285 g/mol. The molecule has 0 aromatic heterocycles. The molecule has 2 atom stereocenters. The van der Waals surface area contributed by atoms with E-state index in [1.165, 1.54) is 11.6 Å². The van der Waals surface area contributed by atoms with Crippen LogP contribution in [0, 0.1) is 5.92 Å². The normalized spacial score (nSPS) is 14.1. The minimum Gasteiger partial charge on any atom is -0.508 e. The minimum atomic E-state index is 0.0237. The first-order chi connectivity index (χ1) is 9.97. The smallest absolute Gasteiger partial charge is 0.119 e. The highest BCUT2D eigenvalue weighted by atomic mass is 16.3. The summed E-state index contributed by atoms with van der Waals surface area (Å²) in [5.74, 6) is 0.597. The number of benzene rings is 2. The van der Waals surface area contributed by atoms with Crippen LogP contribution in [0.4, 0.5) is 0 Å². The Balaban J connectivity index is 2.20. The zero-order valence-electron chi connectivity index (χ0n) is 12.7. The van der Waals surface area contributed by atoms with E-state index in [2.05, 4.69) is 31.3 Å². The highest BCUT2D eigenvalue weighted by molar-refractivity contribution is 5.38. The van der Waals surface area contributed by atoms with Crippen molar-refractivity contribution in [2.75, 3.05) is 0 Å². The predicted molar refractivity (Wildman–Crippen MR) is 85.3 cm³/mol. The Morgan fingerprint density at radius 2 is 1.38 bits per heavy atom. The summed E-state index contributed by atoms with van der Waals surface area (Å²) in [6.45, 7) is 6.39. The van der Waals surface area contributed by atoms with E-state index in [1.807, 2.05) is 25.1 Å². The van der Waals surface area contributed by atoms with Crippen LogP contribution in [-0.2, 0) is 0 Å². The third kappa shape index (κ3) is 3.99. The van der Waals surface area contributed by atoms with Crippen LogP contribution in [0.2, 0.25) is 0 Å². The third-order valence-corrected chi connectivity index (χ3v) is 3.68. The van der Waals surface area contributed by atoms with E-state index in [0.717, 1.165) is 5.56 Å². The van der Waals surface area contributed by atoms with Crippen LogP contribution < -0.4 is 5.32 Å². The summed E-state index contributed by atoms with van der Waals surface area (Å²) in [7, 11) is 0. The summed E-state index contributed by atoms with van der Waals surface area (Å²) in [5.41, 5.74) is 2.11. The Morgan fingerprint density at radius 1 is 0.810 bits per heavy atom.